The average Bonchev–Trinajstić information content (AvgIpc) is 2.85. The van der Waals surface area contributed by atoms with E-state index in [1.165, 1.54) is 0 Å². The number of allylic oxidation sites excluding steroid dienone is 3. The van der Waals surface area contributed by atoms with Gasteiger partial charge in [-0.2, -0.15) is 10.4 Å². The summed E-state index contributed by atoms with van der Waals surface area (Å²) in [5.41, 5.74) is 8.34. The Balaban J connectivity index is 2.20. The molecule has 0 radical (unpaired) electrons. The summed E-state index contributed by atoms with van der Waals surface area (Å²) in [6.45, 7) is 8.67. The van der Waals surface area contributed by atoms with Crippen molar-refractivity contribution in [2.24, 2.45) is 11.1 Å². The van der Waals surface area contributed by atoms with Gasteiger partial charge in [0, 0.05) is 36.7 Å². The van der Waals surface area contributed by atoms with Gasteiger partial charge in [-0.05, 0) is 19.3 Å². The molecule has 1 aliphatic carbocycles. The highest BCUT2D eigenvalue weighted by molar-refractivity contribution is 6.00. The molecule has 6 nitrogen and oxygen atoms in total. The smallest absolute Gasteiger partial charge is 0.205 e. The quantitative estimate of drug-likeness (QED) is 0.901. The van der Waals surface area contributed by atoms with Gasteiger partial charge in [-0.3, -0.25) is 9.48 Å². The largest absolute Gasteiger partial charge is 0.444 e. The minimum absolute atomic E-state index is 0.0233. The summed E-state index contributed by atoms with van der Waals surface area (Å²) in [5.74, 6) is 0.231. The summed E-state index contributed by atoms with van der Waals surface area (Å²) in [4.78, 5) is 12.8. The first kappa shape index (κ1) is 16.3. The second kappa shape index (κ2) is 5.52. The number of hydrogen-bond acceptors (Lipinski definition) is 5. The van der Waals surface area contributed by atoms with Gasteiger partial charge in [0.15, 0.2) is 5.78 Å². The molecule has 1 aromatic heterocycles. The van der Waals surface area contributed by atoms with E-state index in [4.69, 9.17) is 10.5 Å². The third-order valence-corrected chi connectivity index (χ3v) is 4.69. The lowest BCUT2D eigenvalue weighted by atomic mass is 9.70. The number of nitrogens with zero attached hydrogens (tertiary/aromatic N) is 3. The number of aryl methyl sites for hydroxylation is 2. The molecule has 0 amide bonds. The van der Waals surface area contributed by atoms with E-state index in [0.717, 1.165) is 17.8 Å². The fourth-order valence-electron chi connectivity index (χ4n) is 3.57. The molecule has 2 N–H and O–H groups in total. The van der Waals surface area contributed by atoms with E-state index in [-0.39, 0.29) is 17.1 Å². The van der Waals surface area contributed by atoms with Crippen molar-refractivity contribution in [1.29, 1.82) is 5.26 Å². The van der Waals surface area contributed by atoms with Crippen molar-refractivity contribution in [3.05, 3.63) is 40.2 Å². The third kappa shape index (κ3) is 2.50. The van der Waals surface area contributed by atoms with Gasteiger partial charge in [0.05, 0.1) is 11.6 Å². The summed E-state index contributed by atoms with van der Waals surface area (Å²) in [6.07, 6.45) is 2.96. The maximum Gasteiger partial charge on any atom is 0.205 e. The topological polar surface area (TPSA) is 93.9 Å². The van der Waals surface area contributed by atoms with E-state index >= 15 is 0 Å². The number of nitriles is 1. The van der Waals surface area contributed by atoms with Gasteiger partial charge < -0.3 is 10.5 Å². The molecule has 2 heterocycles. The van der Waals surface area contributed by atoms with Crippen molar-refractivity contribution in [3.63, 3.8) is 0 Å². The first-order valence-electron chi connectivity index (χ1n) is 8.15. The minimum Gasteiger partial charge on any atom is -0.444 e. The Labute approximate surface area is 141 Å². The molecule has 6 heteroatoms. The van der Waals surface area contributed by atoms with Crippen LogP contribution < -0.4 is 5.73 Å². The predicted molar refractivity (Wildman–Crippen MR) is 88.3 cm³/mol. The van der Waals surface area contributed by atoms with Gasteiger partial charge in [0.25, 0.3) is 0 Å². The number of rotatable bonds is 2. The number of hydrogen-bond donors (Lipinski definition) is 1. The molecule has 0 unspecified atom stereocenters. The monoisotopic (exact) mass is 326 g/mol. The molecule has 0 saturated heterocycles. The zero-order valence-corrected chi connectivity index (χ0v) is 14.5. The SMILES string of the molecule is CCn1cc([C@H]2C(C#N)=C(N)OC3=C2C(=O)CC(C)(C)C3)c(C)n1. The molecule has 0 bridgehead atoms. The molecule has 0 fully saturated rings. The molecule has 2 aliphatic rings. The van der Waals surface area contributed by atoms with Crippen molar-refractivity contribution in [3.8, 4) is 6.07 Å². The lowest BCUT2D eigenvalue weighted by Gasteiger charge is -2.37. The predicted octanol–water partition coefficient (Wildman–Crippen LogP) is 2.66. The van der Waals surface area contributed by atoms with Crippen LogP contribution in [0.1, 0.15) is 50.8 Å². The third-order valence-electron chi connectivity index (χ3n) is 4.69. The molecule has 1 aromatic rings. The van der Waals surface area contributed by atoms with Gasteiger partial charge in [-0.15, -0.1) is 0 Å². The number of Topliss-reactive ketones (excluding diaryl/α,β-unsaturated/α-hetero) is 1. The lowest BCUT2D eigenvalue weighted by molar-refractivity contribution is -0.119. The molecule has 3 rings (SSSR count). The Bertz CT molecular complexity index is 821. The summed E-state index contributed by atoms with van der Waals surface area (Å²) in [5, 5.41) is 14.1. The van der Waals surface area contributed by atoms with Crippen LogP contribution in [0.3, 0.4) is 0 Å². The van der Waals surface area contributed by atoms with Gasteiger partial charge in [-0.1, -0.05) is 13.8 Å². The Hall–Kier alpha value is -2.55. The number of carbonyl (C=O) groups is 1. The number of ketones is 1. The highest BCUT2D eigenvalue weighted by Gasteiger charge is 2.43. The van der Waals surface area contributed by atoms with E-state index in [1.807, 2.05) is 38.6 Å². The molecule has 0 aromatic carbocycles. The van der Waals surface area contributed by atoms with Gasteiger partial charge in [-0.25, -0.2) is 0 Å². The molecule has 1 aliphatic heterocycles. The molecular weight excluding hydrogens is 304 g/mol. The van der Waals surface area contributed by atoms with Crippen molar-refractivity contribution in [2.75, 3.05) is 0 Å². The van der Waals surface area contributed by atoms with E-state index in [0.29, 0.717) is 29.7 Å². The molecule has 0 saturated carbocycles. The van der Waals surface area contributed by atoms with Crippen molar-refractivity contribution in [2.45, 2.75) is 53.0 Å². The summed E-state index contributed by atoms with van der Waals surface area (Å²) in [6, 6.07) is 2.14. The van der Waals surface area contributed by atoms with Crippen molar-refractivity contribution < 1.29 is 9.53 Å². The minimum atomic E-state index is -0.484. The van der Waals surface area contributed by atoms with Gasteiger partial charge in [0.1, 0.15) is 17.4 Å². The Morgan fingerprint density at radius 2 is 2.21 bits per heavy atom. The Morgan fingerprint density at radius 1 is 1.50 bits per heavy atom. The lowest BCUT2D eigenvalue weighted by Crippen LogP contribution is -2.33. The number of carbonyl (C=O) groups excluding carboxylic acids is 1. The van der Waals surface area contributed by atoms with Crippen LogP contribution in [-0.2, 0) is 16.1 Å². The van der Waals surface area contributed by atoms with Crippen LogP contribution in [-0.4, -0.2) is 15.6 Å². The first-order valence-corrected chi connectivity index (χ1v) is 8.15. The fourth-order valence-corrected chi connectivity index (χ4v) is 3.57. The van der Waals surface area contributed by atoms with Gasteiger partial charge in [0.2, 0.25) is 5.88 Å². The average molecular weight is 326 g/mol. The number of nitrogens with two attached hydrogens (primary N) is 1. The van der Waals surface area contributed by atoms with Crippen LogP contribution in [0.15, 0.2) is 29.0 Å². The second-order valence-electron chi connectivity index (χ2n) is 7.23. The Morgan fingerprint density at radius 3 is 2.79 bits per heavy atom. The van der Waals surface area contributed by atoms with Crippen LogP contribution >= 0.6 is 0 Å². The molecule has 1 atom stereocenters. The summed E-state index contributed by atoms with van der Waals surface area (Å²) >= 11 is 0. The number of ether oxygens (including phenoxy) is 1. The second-order valence-corrected chi connectivity index (χ2v) is 7.23. The molecule has 24 heavy (non-hydrogen) atoms. The van der Waals surface area contributed by atoms with Crippen LogP contribution in [0, 0.1) is 23.7 Å². The maximum atomic E-state index is 12.8. The molecular formula is C18H22N4O2. The van der Waals surface area contributed by atoms with E-state index < -0.39 is 5.92 Å². The first-order chi connectivity index (χ1) is 11.3. The normalized spacial score (nSPS) is 23.0. The van der Waals surface area contributed by atoms with Crippen LogP contribution in [0.5, 0.6) is 0 Å². The van der Waals surface area contributed by atoms with Crippen LogP contribution in [0.2, 0.25) is 0 Å². The van der Waals surface area contributed by atoms with E-state index in [1.54, 1.807) is 0 Å². The van der Waals surface area contributed by atoms with Gasteiger partial charge >= 0.3 is 0 Å². The molecule has 0 spiro atoms. The number of aromatic nitrogens is 2. The maximum absolute atomic E-state index is 12.8. The van der Waals surface area contributed by atoms with Crippen LogP contribution in [0.4, 0.5) is 0 Å². The summed E-state index contributed by atoms with van der Waals surface area (Å²) < 4.78 is 7.50. The Kier molecular flexibility index (Phi) is 3.75. The molecule has 126 valence electrons. The zero-order chi connectivity index (χ0) is 17.6. The fraction of sp³-hybridized carbons (Fsp3) is 0.500. The summed E-state index contributed by atoms with van der Waals surface area (Å²) in [7, 11) is 0. The van der Waals surface area contributed by atoms with E-state index in [2.05, 4.69) is 11.2 Å². The highest BCUT2D eigenvalue weighted by atomic mass is 16.5. The standard InChI is InChI=1S/C18H22N4O2/c1-5-22-9-12(10(2)21-22)15-11(8-19)17(20)24-14-7-18(3,4)6-13(23)16(14)15/h9,15H,5-7,20H2,1-4H3/t15-/m1/s1. The van der Waals surface area contributed by atoms with Crippen molar-refractivity contribution in [1.82, 2.24) is 9.78 Å². The van der Waals surface area contributed by atoms with E-state index in [9.17, 15) is 10.1 Å². The van der Waals surface area contributed by atoms with Crippen LogP contribution in [0.25, 0.3) is 0 Å². The van der Waals surface area contributed by atoms with Crippen molar-refractivity contribution >= 4 is 5.78 Å². The zero-order valence-electron chi connectivity index (χ0n) is 14.5. The highest BCUT2D eigenvalue weighted by Crippen LogP contribution is 2.48.